The van der Waals surface area contributed by atoms with Gasteiger partial charge in [0.1, 0.15) is 6.29 Å². The molecule has 0 bridgehead atoms. The van der Waals surface area contributed by atoms with Crippen LogP contribution in [0.1, 0.15) is 57.8 Å². The second kappa shape index (κ2) is 3.81. The molecule has 2 saturated carbocycles. The summed E-state index contributed by atoms with van der Waals surface area (Å²) in [6, 6.07) is 0. The van der Waals surface area contributed by atoms with Crippen molar-refractivity contribution in [3.05, 3.63) is 0 Å². The Morgan fingerprint density at radius 3 is 2.08 bits per heavy atom. The fraction of sp³-hybridized carbons (Fsp3) is 0.917. The van der Waals surface area contributed by atoms with Gasteiger partial charge >= 0.3 is 0 Å². The molecular formula is C12H20O. The smallest absolute Gasteiger partial charge is 0.123 e. The summed E-state index contributed by atoms with van der Waals surface area (Å²) in [6.45, 7) is 0. The van der Waals surface area contributed by atoms with Gasteiger partial charge in [-0.25, -0.2) is 0 Å². The Morgan fingerprint density at radius 2 is 1.54 bits per heavy atom. The Kier molecular flexibility index (Phi) is 2.71. The van der Waals surface area contributed by atoms with Gasteiger partial charge in [0.25, 0.3) is 0 Å². The zero-order chi connectivity index (χ0) is 9.15. The lowest BCUT2D eigenvalue weighted by Crippen LogP contribution is -2.30. The number of hydrogen-bond acceptors (Lipinski definition) is 1. The number of carbonyl (C=O) groups is 1. The summed E-state index contributed by atoms with van der Waals surface area (Å²) in [5.74, 6) is 0.396. The Labute approximate surface area is 80.9 Å². The molecule has 2 rings (SSSR count). The van der Waals surface area contributed by atoms with Gasteiger partial charge in [-0.2, -0.15) is 0 Å². The molecule has 0 heterocycles. The molecule has 2 aliphatic carbocycles. The van der Waals surface area contributed by atoms with E-state index in [0.717, 1.165) is 0 Å². The van der Waals surface area contributed by atoms with E-state index in [4.69, 9.17) is 0 Å². The van der Waals surface area contributed by atoms with E-state index < -0.39 is 0 Å². The number of hydrogen-bond donors (Lipinski definition) is 0. The van der Waals surface area contributed by atoms with E-state index in [2.05, 4.69) is 0 Å². The lowest BCUT2D eigenvalue weighted by Gasteiger charge is -2.42. The van der Waals surface area contributed by atoms with Crippen molar-refractivity contribution in [2.45, 2.75) is 57.8 Å². The minimum atomic E-state index is 0.396. The average Bonchev–Trinajstić information content (AvgIpc) is 2.20. The van der Waals surface area contributed by atoms with Crippen LogP contribution >= 0.6 is 0 Å². The summed E-state index contributed by atoms with van der Waals surface area (Å²) >= 11 is 0. The van der Waals surface area contributed by atoms with Crippen LogP contribution in [0.5, 0.6) is 0 Å². The molecule has 0 N–H and O–H groups in total. The van der Waals surface area contributed by atoms with E-state index in [0.29, 0.717) is 11.3 Å². The van der Waals surface area contributed by atoms with Crippen LogP contribution in [-0.2, 0) is 4.79 Å². The molecule has 0 aliphatic heterocycles. The molecule has 13 heavy (non-hydrogen) atoms. The van der Waals surface area contributed by atoms with Crippen molar-refractivity contribution in [3.8, 4) is 0 Å². The third kappa shape index (κ3) is 1.95. The maximum absolute atomic E-state index is 10.6. The van der Waals surface area contributed by atoms with Crippen LogP contribution in [0.3, 0.4) is 0 Å². The first-order valence-corrected chi connectivity index (χ1v) is 5.80. The lowest BCUT2D eigenvalue weighted by atomic mass is 9.63. The van der Waals surface area contributed by atoms with Gasteiger partial charge in [0.2, 0.25) is 0 Å². The molecule has 0 aromatic carbocycles. The molecule has 1 spiro atoms. The number of aldehydes is 1. The summed E-state index contributed by atoms with van der Waals surface area (Å²) < 4.78 is 0. The number of rotatable bonds is 1. The fourth-order valence-electron chi connectivity index (χ4n) is 3.19. The highest BCUT2D eigenvalue weighted by atomic mass is 16.1. The molecule has 0 amide bonds. The highest BCUT2D eigenvalue weighted by Gasteiger charge is 2.35. The standard InChI is InChI=1S/C12H20O/c13-10-11-4-8-12(9-5-11)6-2-1-3-7-12/h10-11H,1-9H2. The lowest BCUT2D eigenvalue weighted by molar-refractivity contribution is -0.112. The quantitative estimate of drug-likeness (QED) is 0.566. The predicted octanol–water partition coefficient (Wildman–Crippen LogP) is 3.33. The van der Waals surface area contributed by atoms with Crippen LogP contribution in [0.2, 0.25) is 0 Å². The van der Waals surface area contributed by atoms with Gasteiger partial charge < -0.3 is 4.79 Å². The Hall–Kier alpha value is -0.330. The normalized spacial score (nSPS) is 28.9. The molecule has 0 unspecified atom stereocenters. The Bertz CT molecular complexity index is 170. The summed E-state index contributed by atoms with van der Waals surface area (Å²) in [5, 5.41) is 0. The van der Waals surface area contributed by atoms with Crippen molar-refractivity contribution in [2.24, 2.45) is 11.3 Å². The molecule has 74 valence electrons. The van der Waals surface area contributed by atoms with Gasteiger partial charge in [0.05, 0.1) is 0 Å². The maximum Gasteiger partial charge on any atom is 0.123 e. The van der Waals surface area contributed by atoms with Crippen molar-refractivity contribution in [1.82, 2.24) is 0 Å². The van der Waals surface area contributed by atoms with Crippen molar-refractivity contribution >= 4 is 6.29 Å². The molecule has 0 aromatic rings. The third-order valence-electron chi connectivity index (χ3n) is 4.20. The summed E-state index contributed by atoms with van der Waals surface area (Å²) in [7, 11) is 0. The third-order valence-corrected chi connectivity index (χ3v) is 4.20. The molecule has 0 aromatic heterocycles. The minimum absolute atomic E-state index is 0.396. The van der Waals surface area contributed by atoms with E-state index in [1.807, 2.05) is 0 Å². The van der Waals surface area contributed by atoms with Crippen LogP contribution in [0.25, 0.3) is 0 Å². The second-order valence-electron chi connectivity index (χ2n) is 5.03. The Balaban J connectivity index is 1.91. The summed E-state index contributed by atoms with van der Waals surface area (Å²) in [4.78, 5) is 10.6. The van der Waals surface area contributed by atoms with E-state index in [1.54, 1.807) is 0 Å². The van der Waals surface area contributed by atoms with Crippen LogP contribution in [-0.4, -0.2) is 6.29 Å². The van der Waals surface area contributed by atoms with Crippen LogP contribution in [0.4, 0.5) is 0 Å². The van der Waals surface area contributed by atoms with Gasteiger partial charge in [-0.3, -0.25) is 0 Å². The molecular weight excluding hydrogens is 160 g/mol. The molecule has 2 fully saturated rings. The monoisotopic (exact) mass is 180 g/mol. The van der Waals surface area contributed by atoms with Gasteiger partial charge in [-0.1, -0.05) is 19.3 Å². The van der Waals surface area contributed by atoms with Crippen molar-refractivity contribution in [1.29, 1.82) is 0 Å². The maximum atomic E-state index is 10.6. The summed E-state index contributed by atoms with van der Waals surface area (Å²) in [6.07, 6.45) is 13.4. The van der Waals surface area contributed by atoms with Gasteiger partial charge in [-0.05, 0) is 43.9 Å². The zero-order valence-corrected chi connectivity index (χ0v) is 8.43. The second-order valence-corrected chi connectivity index (χ2v) is 5.03. The average molecular weight is 180 g/mol. The van der Waals surface area contributed by atoms with Gasteiger partial charge in [-0.15, -0.1) is 0 Å². The van der Waals surface area contributed by atoms with Gasteiger partial charge in [0.15, 0.2) is 0 Å². The zero-order valence-electron chi connectivity index (χ0n) is 8.43. The summed E-state index contributed by atoms with van der Waals surface area (Å²) in [5.41, 5.74) is 0.678. The molecule has 2 aliphatic rings. The van der Waals surface area contributed by atoms with Crippen molar-refractivity contribution in [2.75, 3.05) is 0 Å². The molecule has 0 radical (unpaired) electrons. The van der Waals surface area contributed by atoms with Crippen LogP contribution in [0.15, 0.2) is 0 Å². The SMILES string of the molecule is O=CC1CCC2(CCCCC2)CC1. The fourth-order valence-corrected chi connectivity index (χ4v) is 3.19. The van der Waals surface area contributed by atoms with Crippen molar-refractivity contribution in [3.63, 3.8) is 0 Å². The number of carbonyl (C=O) groups excluding carboxylic acids is 1. The first kappa shape index (κ1) is 9.23. The molecule has 0 atom stereocenters. The van der Waals surface area contributed by atoms with Crippen LogP contribution in [0, 0.1) is 11.3 Å². The predicted molar refractivity (Wildman–Crippen MR) is 53.5 cm³/mol. The van der Waals surface area contributed by atoms with E-state index in [9.17, 15) is 4.79 Å². The highest BCUT2D eigenvalue weighted by Crippen LogP contribution is 2.48. The first-order chi connectivity index (χ1) is 6.35. The first-order valence-electron chi connectivity index (χ1n) is 5.80. The van der Waals surface area contributed by atoms with Crippen molar-refractivity contribution < 1.29 is 4.79 Å². The van der Waals surface area contributed by atoms with E-state index in [1.165, 1.54) is 64.1 Å². The van der Waals surface area contributed by atoms with Crippen LogP contribution < -0.4 is 0 Å². The Morgan fingerprint density at radius 1 is 0.923 bits per heavy atom. The highest BCUT2D eigenvalue weighted by molar-refractivity contribution is 5.53. The molecule has 0 saturated heterocycles. The molecule has 1 heteroatoms. The van der Waals surface area contributed by atoms with E-state index in [-0.39, 0.29) is 0 Å². The van der Waals surface area contributed by atoms with Gasteiger partial charge in [0, 0.05) is 5.92 Å². The largest absolute Gasteiger partial charge is 0.303 e. The topological polar surface area (TPSA) is 17.1 Å². The minimum Gasteiger partial charge on any atom is -0.303 e. The van der Waals surface area contributed by atoms with E-state index >= 15 is 0 Å². The molecule has 1 nitrogen and oxygen atoms in total.